The zero-order valence-corrected chi connectivity index (χ0v) is 25.7. The number of unbranched alkanes of at least 4 members (excludes halogenated alkanes) is 2. The Labute approximate surface area is 220 Å². The van der Waals surface area contributed by atoms with Gasteiger partial charge in [-0.25, -0.2) is 0 Å². The summed E-state index contributed by atoms with van der Waals surface area (Å²) < 4.78 is 6.27. The first-order chi connectivity index (χ1) is 17.1. The number of fused-ring (bicyclic) bond motifs is 1. The molecule has 0 saturated carbocycles. The molecule has 0 aliphatic heterocycles. The van der Waals surface area contributed by atoms with Crippen molar-refractivity contribution in [2.45, 2.75) is 146 Å². The standard InChI is InChI=1S/C26H42O.3C2H6.CH2O/c1-7-11-12-16-24-23-18-17-19(5)22(15-10-4)26(25(23)20(6)27-24)21(13-8-2)14-9-3;4*1-2/h13,16,19,22,26H,6-12,14-15,17-18H2,1-5H3;3*1-2H3;1H2/b21-13+,24-16-;;;;. The van der Waals surface area contributed by atoms with Gasteiger partial charge in [0, 0.05) is 17.0 Å². The van der Waals surface area contributed by atoms with E-state index in [0.717, 1.165) is 36.0 Å². The summed E-state index contributed by atoms with van der Waals surface area (Å²) in [5, 5.41) is 0. The van der Waals surface area contributed by atoms with Gasteiger partial charge >= 0.3 is 0 Å². The summed E-state index contributed by atoms with van der Waals surface area (Å²) in [6.07, 6.45) is 16.9. The fourth-order valence-corrected chi connectivity index (χ4v) is 5.08. The Morgan fingerprint density at radius 1 is 0.971 bits per heavy atom. The van der Waals surface area contributed by atoms with Crippen molar-refractivity contribution in [1.82, 2.24) is 0 Å². The summed E-state index contributed by atoms with van der Waals surface area (Å²) in [5.74, 6) is 1.96. The average molecular weight is 491 g/mol. The molecule has 0 saturated heterocycles. The van der Waals surface area contributed by atoms with E-state index in [4.69, 9.17) is 9.21 Å². The first-order valence-electron chi connectivity index (χ1n) is 14.9. The molecule has 0 bridgehead atoms. The molecule has 206 valence electrons. The normalized spacial score (nSPS) is 19.2. The molecule has 1 aromatic rings. The quantitative estimate of drug-likeness (QED) is 0.196. The van der Waals surface area contributed by atoms with E-state index < -0.39 is 0 Å². The van der Waals surface area contributed by atoms with Gasteiger partial charge in [0.15, 0.2) is 0 Å². The number of hydrogen-bond donors (Lipinski definition) is 0. The zero-order valence-electron chi connectivity index (χ0n) is 25.7. The molecule has 0 fully saturated rings. The molecule has 0 radical (unpaired) electrons. The predicted octanol–water partition coefficient (Wildman–Crippen LogP) is 9.77. The molecule has 1 aliphatic carbocycles. The number of carbonyl (C=O) groups excluding carboxylic acids is 1. The number of rotatable bonds is 9. The maximum atomic E-state index is 8.00. The SMILES string of the molecule is C=O.C=c1o/c(=C\CCCC)c2c1C(/C(=C/CC)CCC)C(CCC)C(C)CC2.CC.CC.CC. The summed E-state index contributed by atoms with van der Waals surface area (Å²) in [5.41, 5.74) is 6.63. The van der Waals surface area contributed by atoms with Crippen LogP contribution in [0.3, 0.4) is 0 Å². The van der Waals surface area contributed by atoms with Crippen molar-refractivity contribution in [3.8, 4) is 0 Å². The van der Waals surface area contributed by atoms with Crippen molar-refractivity contribution >= 4 is 19.4 Å². The van der Waals surface area contributed by atoms with E-state index in [0.29, 0.717) is 11.8 Å². The van der Waals surface area contributed by atoms with Gasteiger partial charge < -0.3 is 9.21 Å². The highest BCUT2D eigenvalue weighted by atomic mass is 16.3. The maximum absolute atomic E-state index is 8.00. The minimum absolute atomic E-state index is 0.502. The second kappa shape index (κ2) is 25.5. The molecule has 1 aliphatic rings. The molecule has 2 rings (SSSR count). The summed E-state index contributed by atoms with van der Waals surface area (Å²) >= 11 is 0. The molecule has 35 heavy (non-hydrogen) atoms. The van der Waals surface area contributed by atoms with Crippen LogP contribution >= 0.6 is 0 Å². The van der Waals surface area contributed by atoms with Crippen LogP contribution in [0.1, 0.15) is 151 Å². The van der Waals surface area contributed by atoms with Gasteiger partial charge in [-0.1, -0.05) is 114 Å². The van der Waals surface area contributed by atoms with Crippen LogP contribution in [0.15, 0.2) is 16.1 Å². The largest absolute Gasteiger partial charge is 0.458 e. The van der Waals surface area contributed by atoms with Crippen molar-refractivity contribution in [3.05, 3.63) is 33.6 Å². The van der Waals surface area contributed by atoms with Crippen molar-refractivity contribution in [3.63, 3.8) is 0 Å². The van der Waals surface area contributed by atoms with Gasteiger partial charge in [0.2, 0.25) is 0 Å². The predicted molar refractivity (Wildman–Crippen MR) is 161 cm³/mol. The average Bonchev–Trinajstić information content (AvgIpc) is 3.13. The Morgan fingerprint density at radius 2 is 1.57 bits per heavy atom. The molecule has 3 atom stereocenters. The first kappa shape index (κ1) is 38.0. The summed E-state index contributed by atoms with van der Waals surface area (Å²) in [6, 6.07) is 0. The molecular formula is C33H62O2. The number of furan rings is 1. The van der Waals surface area contributed by atoms with Crippen LogP contribution in [0.4, 0.5) is 0 Å². The molecule has 1 aromatic heterocycles. The highest BCUT2D eigenvalue weighted by Crippen LogP contribution is 2.44. The lowest BCUT2D eigenvalue weighted by atomic mass is 9.72. The van der Waals surface area contributed by atoms with Crippen LogP contribution in [0.25, 0.3) is 12.7 Å². The topological polar surface area (TPSA) is 30.2 Å². The second-order valence-electron chi connectivity index (χ2n) is 8.51. The summed E-state index contributed by atoms with van der Waals surface area (Å²) in [7, 11) is 0. The maximum Gasteiger partial charge on any atom is 0.127 e. The molecule has 0 N–H and O–H groups in total. The van der Waals surface area contributed by atoms with Crippen LogP contribution in [0.2, 0.25) is 0 Å². The van der Waals surface area contributed by atoms with Gasteiger partial charge in [-0.15, -0.1) is 0 Å². The molecule has 1 heterocycles. The van der Waals surface area contributed by atoms with Crippen molar-refractivity contribution in [2.75, 3.05) is 0 Å². The van der Waals surface area contributed by atoms with Crippen LogP contribution in [-0.4, -0.2) is 6.79 Å². The molecular weight excluding hydrogens is 428 g/mol. The fraction of sp³-hybridized carbons (Fsp3) is 0.727. The van der Waals surface area contributed by atoms with Crippen molar-refractivity contribution < 1.29 is 9.21 Å². The van der Waals surface area contributed by atoms with E-state index in [1.807, 2.05) is 48.3 Å². The van der Waals surface area contributed by atoms with Gasteiger partial charge in [0.1, 0.15) is 17.6 Å². The van der Waals surface area contributed by atoms with Crippen LogP contribution in [0.5, 0.6) is 0 Å². The third-order valence-electron chi connectivity index (χ3n) is 6.39. The minimum Gasteiger partial charge on any atom is -0.458 e. The second-order valence-corrected chi connectivity index (χ2v) is 8.51. The Bertz CT molecular complexity index is 725. The van der Waals surface area contributed by atoms with E-state index in [1.165, 1.54) is 56.1 Å². The minimum atomic E-state index is 0.502. The van der Waals surface area contributed by atoms with Crippen LogP contribution < -0.4 is 10.8 Å². The Hall–Kier alpha value is -1.57. The lowest BCUT2D eigenvalue weighted by Gasteiger charge is -2.32. The van der Waals surface area contributed by atoms with E-state index in [1.54, 1.807) is 5.57 Å². The monoisotopic (exact) mass is 490 g/mol. The van der Waals surface area contributed by atoms with Crippen molar-refractivity contribution in [1.29, 1.82) is 0 Å². The first-order valence-corrected chi connectivity index (χ1v) is 14.9. The van der Waals surface area contributed by atoms with E-state index in [9.17, 15) is 0 Å². The van der Waals surface area contributed by atoms with Gasteiger partial charge in [-0.05, 0) is 62.9 Å². The molecule has 0 spiro atoms. The lowest BCUT2D eigenvalue weighted by Crippen LogP contribution is -2.24. The van der Waals surface area contributed by atoms with Crippen LogP contribution in [-0.2, 0) is 11.2 Å². The van der Waals surface area contributed by atoms with E-state index >= 15 is 0 Å². The highest BCUT2D eigenvalue weighted by Gasteiger charge is 2.36. The number of carbonyl (C=O) groups is 1. The highest BCUT2D eigenvalue weighted by molar-refractivity contribution is 5.40. The van der Waals surface area contributed by atoms with Crippen molar-refractivity contribution in [2.24, 2.45) is 11.8 Å². The third-order valence-corrected chi connectivity index (χ3v) is 6.39. The summed E-state index contributed by atoms with van der Waals surface area (Å²) in [6.45, 7) is 30.0. The van der Waals surface area contributed by atoms with Gasteiger partial charge in [0.25, 0.3) is 0 Å². The lowest BCUT2D eigenvalue weighted by molar-refractivity contribution is -0.0979. The van der Waals surface area contributed by atoms with Crippen LogP contribution in [0, 0.1) is 11.8 Å². The summed E-state index contributed by atoms with van der Waals surface area (Å²) in [4.78, 5) is 8.00. The van der Waals surface area contributed by atoms with Gasteiger partial charge in [-0.3, -0.25) is 0 Å². The van der Waals surface area contributed by atoms with E-state index in [-0.39, 0.29) is 0 Å². The Morgan fingerprint density at radius 3 is 2.06 bits per heavy atom. The fourth-order valence-electron chi connectivity index (χ4n) is 5.08. The van der Waals surface area contributed by atoms with Gasteiger partial charge in [0.05, 0.1) is 0 Å². The van der Waals surface area contributed by atoms with E-state index in [2.05, 4.69) is 53.3 Å². The number of hydrogen-bond acceptors (Lipinski definition) is 2. The number of allylic oxidation sites excluding steroid dienone is 2. The zero-order chi connectivity index (χ0) is 27.8. The molecule has 0 aromatic carbocycles. The molecule has 3 unspecified atom stereocenters. The Balaban J connectivity index is -0.00000116. The molecule has 2 heteroatoms. The third kappa shape index (κ3) is 12.3. The molecule has 2 nitrogen and oxygen atoms in total. The smallest absolute Gasteiger partial charge is 0.127 e. The Kier molecular flexibility index (Phi) is 27.7. The van der Waals surface area contributed by atoms with Gasteiger partial charge in [-0.2, -0.15) is 0 Å². The molecule has 0 amide bonds.